The monoisotopic (exact) mass is 314 g/mol. The summed E-state index contributed by atoms with van der Waals surface area (Å²) in [4.78, 5) is 10.6. The molecule has 0 aromatic carbocycles. The number of hydrogen-bond acceptors (Lipinski definition) is 7. The van der Waals surface area contributed by atoms with Gasteiger partial charge in [0.1, 0.15) is 0 Å². The molecule has 1 aromatic rings. The summed E-state index contributed by atoms with van der Waals surface area (Å²) in [6.45, 7) is 4.92. The molecule has 1 saturated heterocycles. The number of aromatic nitrogens is 3. The Morgan fingerprint density at radius 3 is 2.45 bits per heavy atom. The SMILES string of the molecule is O=C(O)c1cn(CCOCCOCCOCCC2CN2)nn1. The van der Waals surface area contributed by atoms with Crippen molar-refractivity contribution in [3.05, 3.63) is 11.9 Å². The molecule has 0 spiro atoms. The second kappa shape index (κ2) is 9.46. The summed E-state index contributed by atoms with van der Waals surface area (Å²) in [5.74, 6) is -1.09. The smallest absolute Gasteiger partial charge is 0.358 e. The maximum atomic E-state index is 10.6. The highest BCUT2D eigenvalue weighted by Crippen LogP contribution is 2.01. The summed E-state index contributed by atoms with van der Waals surface area (Å²) < 4.78 is 17.6. The second-order valence-electron chi connectivity index (χ2n) is 4.90. The fourth-order valence-corrected chi connectivity index (χ4v) is 1.72. The van der Waals surface area contributed by atoms with Gasteiger partial charge in [0.2, 0.25) is 0 Å². The van der Waals surface area contributed by atoms with Gasteiger partial charge in [-0.2, -0.15) is 0 Å². The van der Waals surface area contributed by atoms with E-state index in [4.69, 9.17) is 19.3 Å². The third kappa shape index (κ3) is 6.94. The zero-order valence-corrected chi connectivity index (χ0v) is 12.4. The number of nitrogens with zero attached hydrogens (tertiary/aromatic N) is 3. The Bertz CT molecular complexity index is 449. The fraction of sp³-hybridized carbons (Fsp3) is 0.769. The molecule has 1 atom stereocenters. The Hall–Kier alpha value is -1.55. The average Bonchev–Trinajstić information content (AvgIpc) is 3.20. The van der Waals surface area contributed by atoms with E-state index in [-0.39, 0.29) is 5.69 Å². The van der Waals surface area contributed by atoms with Crippen LogP contribution in [-0.2, 0) is 20.8 Å². The molecular formula is C13H22N4O5. The number of hydrogen-bond donors (Lipinski definition) is 2. The molecule has 9 nitrogen and oxygen atoms in total. The van der Waals surface area contributed by atoms with E-state index in [2.05, 4.69) is 15.6 Å². The van der Waals surface area contributed by atoms with E-state index in [0.29, 0.717) is 45.6 Å². The molecule has 1 aliphatic heterocycles. The molecule has 1 unspecified atom stereocenters. The lowest BCUT2D eigenvalue weighted by Gasteiger charge is -2.06. The molecular weight excluding hydrogens is 292 g/mol. The van der Waals surface area contributed by atoms with E-state index < -0.39 is 5.97 Å². The van der Waals surface area contributed by atoms with E-state index >= 15 is 0 Å². The second-order valence-corrected chi connectivity index (χ2v) is 4.90. The van der Waals surface area contributed by atoms with Gasteiger partial charge in [0.15, 0.2) is 5.69 Å². The maximum absolute atomic E-state index is 10.6. The minimum Gasteiger partial charge on any atom is -0.476 e. The van der Waals surface area contributed by atoms with Gasteiger partial charge in [0, 0.05) is 19.2 Å². The molecule has 0 amide bonds. The normalized spacial score (nSPS) is 16.8. The summed E-state index contributed by atoms with van der Waals surface area (Å²) in [5, 5.41) is 19.1. The third-order valence-corrected chi connectivity index (χ3v) is 3.07. The average molecular weight is 314 g/mol. The Labute approximate surface area is 128 Å². The van der Waals surface area contributed by atoms with Gasteiger partial charge >= 0.3 is 5.97 Å². The number of rotatable bonds is 13. The molecule has 9 heteroatoms. The van der Waals surface area contributed by atoms with E-state index in [0.717, 1.165) is 19.6 Å². The van der Waals surface area contributed by atoms with Crippen molar-refractivity contribution in [2.24, 2.45) is 0 Å². The lowest BCUT2D eigenvalue weighted by molar-refractivity contribution is 0.0123. The van der Waals surface area contributed by atoms with Crippen LogP contribution in [-0.4, -0.2) is 78.3 Å². The summed E-state index contributed by atoms with van der Waals surface area (Å²) in [6, 6.07) is 0.658. The minimum absolute atomic E-state index is 0.0687. The molecule has 1 fully saturated rings. The van der Waals surface area contributed by atoms with Crippen LogP contribution in [0.3, 0.4) is 0 Å². The van der Waals surface area contributed by atoms with Crippen LogP contribution in [0.2, 0.25) is 0 Å². The number of nitrogens with one attached hydrogen (secondary N) is 1. The summed E-state index contributed by atoms with van der Waals surface area (Å²) in [7, 11) is 0. The number of carboxylic acids is 1. The lowest BCUT2D eigenvalue weighted by Crippen LogP contribution is -2.13. The number of aromatic carboxylic acids is 1. The van der Waals surface area contributed by atoms with Crippen LogP contribution < -0.4 is 5.32 Å². The first-order valence-electron chi connectivity index (χ1n) is 7.36. The van der Waals surface area contributed by atoms with Crippen LogP contribution in [0.1, 0.15) is 16.9 Å². The first kappa shape index (κ1) is 16.8. The van der Waals surface area contributed by atoms with Gasteiger partial charge in [-0.1, -0.05) is 5.21 Å². The van der Waals surface area contributed by atoms with Gasteiger partial charge in [0.05, 0.1) is 45.8 Å². The number of carboxylic acid groups (broad SMARTS) is 1. The summed E-state index contributed by atoms with van der Waals surface area (Å²) >= 11 is 0. The zero-order chi connectivity index (χ0) is 15.6. The molecule has 1 aromatic heterocycles. The predicted octanol–water partition coefficient (Wildman–Crippen LogP) is -0.612. The van der Waals surface area contributed by atoms with Crippen molar-refractivity contribution in [2.45, 2.75) is 19.0 Å². The molecule has 0 bridgehead atoms. The van der Waals surface area contributed by atoms with Crippen LogP contribution in [0.15, 0.2) is 6.20 Å². The van der Waals surface area contributed by atoms with Crippen molar-refractivity contribution < 1.29 is 24.1 Å². The highest BCUT2D eigenvalue weighted by atomic mass is 16.5. The topological polar surface area (TPSA) is 118 Å². The first-order chi connectivity index (χ1) is 10.8. The summed E-state index contributed by atoms with van der Waals surface area (Å²) in [6.07, 6.45) is 2.44. The van der Waals surface area contributed by atoms with Crippen LogP contribution >= 0.6 is 0 Å². The third-order valence-electron chi connectivity index (χ3n) is 3.07. The van der Waals surface area contributed by atoms with Crippen LogP contribution in [0.5, 0.6) is 0 Å². The van der Waals surface area contributed by atoms with Crippen molar-refractivity contribution in [1.29, 1.82) is 0 Å². The Balaban J connectivity index is 1.35. The van der Waals surface area contributed by atoms with Gasteiger partial charge in [-0.25, -0.2) is 9.48 Å². The molecule has 2 heterocycles. The van der Waals surface area contributed by atoms with Gasteiger partial charge < -0.3 is 24.6 Å². The summed E-state index contributed by atoms with van der Waals surface area (Å²) in [5.41, 5.74) is -0.0687. The molecule has 0 saturated carbocycles. The Morgan fingerprint density at radius 2 is 1.86 bits per heavy atom. The van der Waals surface area contributed by atoms with Crippen molar-refractivity contribution >= 4 is 5.97 Å². The molecule has 2 rings (SSSR count). The van der Waals surface area contributed by atoms with Crippen molar-refractivity contribution in [3.8, 4) is 0 Å². The van der Waals surface area contributed by atoms with E-state index in [9.17, 15) is 4.79 Å². The van der Waals surface area contributed by atoms with Crippen molar-refractivity contribution in [3.63, 3.8) is 0 Å². The molecule has 22 heavy (non-hydrogen) atoms. The lowest BCUT2D eigenvalue weighted by atomic mass is 10.3. The highest BCUT2D eigenvalue weighted by Gasteiger charge is 2.18. The quantitative estimate of drug-likeness (QED) is 0.366. The first-order valence-corrected chi connectivity index (χ1v) is 7.36. The fourth-order valence-electron chi connectivity index (χ4n) is 1.72. The standard InChI is InChI=1S/C13H22N4O5/c18-13(19)12-10-17(16-15-12)2-4-21-6-8-22-7-5-20-3-1-11-9-14-11/h10-11,14H,1-9H2,(H,18,19). The van der Waals surface area contributed by atoms with Gasteiger partial charge in [-0.3, -0.25) is 0 Å². The van der Waals surface area contributed by atoms with Crippen LogP contribution in [0, 0.1) is 0 Å². The van der Waals surface area contributed by atoms with E-state index in [1.807, 2.05) is 0 Å². The largest absolute Gasteiger partial charge is 0.476 e. The van der Waals surface area contributed by atoms with Gasteiger partial charge in [-0.05, 0) is 6.42 Å². The number of carbonyl (C=O) groups is 1. The Morgan fingerprint density at radius 1 is 1.23 bits per heavy atom. The minimum atomic E-state index is -1.09. The predicted molar refractivity (Wildman–Crippen MR) is 75.8 cm³/mol. The van der Waals surface area contributed by atoms with Crippen molar-refractivity contribution in [2.75, 3.05) is 46.2 Å². The van der Waals surface area contributed by atoms with Gasteiger partial charge in [-0.15, -0.1) is 5.10 Å². The molecule has 124 valence electrons. The molecule has 0 aliphatic carbocycles. The Kier molecular flexibility index (Phi) is 7.23. The molecule has 1 aliphatic rings. The maximum Gasteiger partial charge on any atom is 0.358 e. The van der Waals surface area contributed by atoms with Crippen LogP contribution in [0.25, 0.3) is 0 Å². The molecule has 0 radical (unpaired) electrons. The van der Waals surface area contributed by atoms with Crippen molar-refractivity contribution in [1.82, 2.24) is 20.3 Å². The molecule has 2 N–H and O–H groups in total. The highest BCUT2D eigenvalue weighted by molar-refractivity contribution is 5.84. The van der Waals surface area contributed by atoms with Crippen LogP contribution in [0.4, 0.5) is 0 Å². The number of ether oxygens (including phenoxy) is 3. The zero-order valence-electron chi connectivity index (χ0n) is 12.4. The van der Waals surface area contributed by atoms with E-state index in [1.165, 1.54) is 10.9 Å². The van der Waals surface area contributed by atoms with E-state index in [1.54, 1.807) is 0 Å². The van der Waals surface area contributed by atoms with Gasteiger partial charge in [0.25, 0.3) is 0 Å².